The largest absolute Gasteiger partial charge is 0.347 e. The summed E-state index contributed by atoms with van der Waals surface area (Å²) in [6.07, 6.45) is 2.61. The fourth-order valence-electron chi connectivity index (χ4n) is 1.84. The van der Waals surface area contributed by atoms with Gasteiger partial charge in [-0.3, -0.25) is 4.79 Å². The molecule has 4 nitrogen and oxygen atoms in total. The van der Waals surface area contributed by atoms with E-state index in [1.165, 1.54) is 12.4 Å². The molecule has 6 heteroatoms. The standard InChI is InChI=1S/C14H13ClFN3O/c1-8-3-10(4-9(2)13(8)16)5-19-14(20)11-6-18-12(15)7-17-11/h3-4,6-7H,5H2,1-2H3,(H,19,20). The van der Waals surface area contributed by atoms with Crippen LogP contribution in [0.25, 0.3) is 0 Å². The predicted molar refractivity (Wildman–Crippen MR) is 74.1 cm³/mol. The number of amides is 1. The average molecular weight is 294 g/mol. The Kier molecular flexibility index (Phi) is 4.29. The van der Waals surface area contributed by atoms with Crippen molar-refractivity contribution in [1.82, 2.24) is 15.3 Å². The first-order valence-corrected chi connectivity index (χ1v) is 6.36. The van der Waals surface area contributed by atoms with Gasteiger partial charge in [-0.1, -0.05) is 23.7 Å². The van der Waals surface area contributed by atoms with Gasteiger partial charge in [0.25, 0.3) is 5.91 Å². The minimum absolute atomic E-state index is 0.185. The van der Waals surface area contributed by atoms with Crippen LogP contribution in [0.15, 0.2) is 24.5 Å². The molecular weight excluding hydrogens is 281 g/mol. The SMILES string of the molecule is Cc1cc(CNC(=O)c2cnc(Cl)cn2)cc(C)c1F. The highest BCUT2D eigenvalue weighted by molar-refractivity contribution is 6.29. The number of hydrogen-bond acceptors (Lipinski definition) is 3. The Hall–Kier alpha value is -2.01. The van der Waals surface area contributed by atoms with Gasteiger partial charge < -0.3 is 5.32 Å². The maximum absolute atomic E-state index is 13.5. The number of nitrogens with one attached hydrogen (secondary N) is 1. The molecule has 0 spiro atoms. The fourth-order valence-corrected chi connectivity index (χ4v) is 1.94. The molecule has 2 rings (SSSR count). The molecule has 0 aliphatic carbocycles. The Morgan fingerprint density at radius 2 is 1.90 bits per heavy atom. The van der Waals surface area contributed by atoms with E-state index in [0.717, 1.165) is 5.56 Å². The Bertz CT molecular complexity index is 620. The number of aromatic nitrogens is 2. The molecule has 0 radical (unpaired) electrons. The second-order valence-corrected chi connectivity index (χ2v) is 4.84. The first-order valence-electron chi connectivity index (χ1n) is 5.98. The van der Waals surface area contributed by atoms with Crippen LogP contribution in [-0.2, 0) is 6.54 Å². The molecule has 2 aromatic rings. The van der Waals surface area contributed by atoms with Crippen molar-refractivity contribution in [3.05, 3.63) is 57.9 Å². The van der Waals surface area contributed by atoms with Gasteiger partial charge in [-0.2, -0.15) is 0 Å². The van der Waals surface area contributed by atoms with Crippen LogP contribution < -0.4 is 5.32 Å². The molecule has 0 bridgehead atoms. The molecule has 0 fully saturated rings. The smallest absolute Gasteiger partial charge is 0.271 e. The highest BCUT2D eigenvalue weighted by Gasteiger charge is 2.09. The molecule has 1 amide bonds. The van der Waals surface area contributed by atoms with Gasteiger partial charge in [-0.25, -0.2) is 14.4 Å². The lowest BCUT2D eigenvalue weighted by atomic mass is 10.1. The number of benzene rings is 1. The third-order valence-electron chi connectivity index (χ3n) is 2.80. The zero-order chi connectivity index (χ0) is 14.7. The second kappa shape index (κ2) is 5.96. The molecule has 104 valence electrons. The number of rotatable bonds is 3. The number of nitrogens with zero attached hydrogens (tertiary/aromatic N) is 2. The van der Waals surface area contributed by atoms with E-state index in [1.54, 1.807) is 26.0 Å². The van der Waals surface area contributed by atoms with E-state index >= 15 is 0 Å². The van der Waals surface area contributed by atoms with Crippen LogP contribution in [0.2, 0.25) is 5.15 Å². The van der Waals surface area contributed by atoms with Gasteiger partial charge in [-0.15, -0.1) is 0 Å². The van der Waals surface area contributed by atoms with Crippen LogP contribution in [0.3, 0.4) is 0 Å². The summed E-state index contributed by atoms with van der Waals surface area (Å²) in [6, 6.07) is 3.41. The maximum Gasteiger partial charge on any atom is 0.271 e. The molecule has 0 saturated carbocycles. The monoisotopic (exact) mass is 293 g/mol. The topological polar surface area (TPSA) is 54.9 Å². The lowest BCUT2D eigenvalue weighted by molar-refractivity contribution is 0.0945. The van der Waals surface area contributed by atoms with Crippen molar-refractivity contribution in [2.75, 3.05) is 0 Å². The molecule has 1 aromatic carbocycles. The van der Waals surface area contributed by atoms with Gasteiger partial charge >= 0.3 is 0 Å². The molecule has 0 aliphatic heterocycles. The van der Waals surface area contributed by atoms with Crippen molar-refractivity contribution < 1.29 is 9.18 Å². The summed E-state index contributed by atoms with van der Waals surface area (Å²) in [5.74, 6) is -0.572. The highest BCUT2D eigenvalue weighted by Crippen LogP contribution is 2.14. The maximum atomic E-state index is 13.5. The molecule has 20 heavy (non-hydrogen) atoms. The number of halogens is 2. The van der Waals surface area contributed by atoms with Crippen LogP contribution in [0.4, 0.5) is 4.39 Å². The zero-order valence-corrected chi connectivity index (χ0v) is 11.8. The molecule has 0 aliphatic rings. The van der Waals surface area contributed by atoms with E-state index in [-0.39, 0.29) is 22.6 Å². The molecule has 0 atom stereocenters. The molecule has 1 aromatic heterocycles. The number of aryl methyl sites for hydroxylation is 2. The van der Waals surface area contributed by atoms with Crippen molar-refractivity contribution in [2.24, 2.45) is 0 Å². The van der Waals surface area contributed by atoms with E-state index in [9.17, 15) is 9.18 Å². The Balaban J connectivity index is 2.05. The fraction of sp³-hybridized carbons (Fsp3) is 0.214. The molecule has 1 N–H and O–H groups in total. The van der Waals surface area contributed by atoms with Crippen molar-refractivity contribution in [1.29, 1.82) is 0 Å². The van der Waals surface area contributed by atoms with Gasteiger partial charge in [0.15, 0.2) is 0 Å². The van der Waals surface area contributed by atoms with Gasteiger partial charge in [0, 0.05) is 6.54 Å². The Morgan fingerprint density at radius 3 is 2.45 bits per heavy atom. The number of hydrogen-bond donors (Lipinski definition) is 1. The lowest BCUT2D eigenvalue weighted by Crippen LogP contribution is -2.24. The number of carbonyl (C=O) groups is 1. The van der Waals surface area contributed by atoms with E-state index in [4.69, 9.17) is 11.6 Å². The Morgan fingerprint density at radius 1 is 1.25 bits per heavy atom. The summed E-state index contributed by atoms with van der Waals surface area (Å²) < 4.78 is 13.5. The summed E-state index contributed by atoms with van der Waals surface area (Å²) in [5.41, 5.74) is 2.13. The van der Waals surface area contributed by atoms with Crippen LogP contribution in [0.1, 0.15) is 27.2 Å². The molecule has 0 unspecified atom stereocenters. The lowest BCUT2D eigenvalue weighted by Gasteiger charge is -2.08. The van der Waals surface area contributed by atoms with Gasteiger partial charge in [0.1, 0.15) is 16.7 Å². The van der Waals surface area contributed by atoms with Crippen LogP contribution in [-0.4, -0.2) is 15.9 Å². The van der Waals surface area contributed by atoms with Crippen LogP contribution >= 0.6 is 11.6 Å². The van der Waals surface area contributed by atoms with Gasteiger partial charge in [0.2, 0.25) is 0 Å². The van der Waals surface area contributed by atoms with Crippen LogP contribution in [0.5, 0.6) is 0 Å². The van der Waals surface area contributed by atoms with Crippen molar-refractivity contribution >= 4 is 17.5 Å². The van der Waals surface area contributed by atoms with Crippen molar-refractivity contribution in [2.45, 2.75) is 20.4 Å². The zero-order valence-electron chi connectivity index (χ0n) is 11.1. The van der Waals surface area contributed by atoms with E-state index in [1.807, 2.05) is 0 Å². The minimum Gasteiger partial charge on any atom is -0.347 e. The highest BCUT2D eigenvalue weighted by atomic mass is 35.5. The summed E-state index contributed by atoms with van der Waals surface area (Å²) in [4.78, 5) is 19.5. The molecule has 1 heterocycles. The summed E-state index contributed by atoms with van der Waals surface area (Å²) in [6.45, 7) is 3.68. The molecule has 0 saturated heterocycles. The van der Waals surface area contributed by atoms with Crippen molar-refractivity contribution in [3.8, 4) is 0 Å². The van der Waals surface area contributed by atoms with E-state index < -0.39 is 0 Å². The van der Waals surface area contributed by atoms with E-state index in [0.29, 0.717) is 17.7 Å². The second-order valence-electron chi connectivity index (χ2n) is 4.45. The molecular formula is C14H13ClFN3O. The summed E-state index contributed by atoms with van der Waals surface area (Å²) in [5, 5.41) is 2.93. The third-order valence-corrected chi connectivity index (χ3v) is 3.00. The van der Waals surface area contributed by atoms with E-state index in [2.05, 4.69) is 15.3 Å². The predicted octanol–water partition coefficient (Wildman–Crippen LogP) is 2.82. The quantitative estimate of drug-likeness (QED) is 0.947. The van der Waals surface area contributed by atoms with Gasteiger partial charge in [-0.05, 0) is 30.5 Å². The van der Waals surface area contributed by atoms with Crippen LogP contribution in [0, 0.1) is 19.7 Å². The Labute approximate surface area is 121 Å². The normalized spacial score (nSPS) is 10.4. The van der Waals surface area contributed by atoms with Crippen molar-refractivity contribution in [3.63, 3.8) is 0 Å². The summed E-state index contributed by atoms with van der Waals surface area (Å²) in [7, 11) is 0. The minimum atomic E-state index is -0.353. The third kappa shape index (κ3) is 3.30. The summed E-state index contributed by atoms with van der Waals surface area (Å²) >= 11 is 5.60. The number of carbonyl (C=O) groups excluding carboxylic acids is 1. The first-order chi connectivity index (χ1) is 9.47. The first kappa shape index (κ1) is 14.4. The average Bonchev–Trinajstić information content (AvgIpc) is 2.42. The van der Waals surface area contributed by atoms with Gasteiger partial charge in [0.05, 0.1) is 12.4 Å².